The maximum Gasteiger partial charge on any atom is 0.312 e. The third-order valence-electron chi connectivity index (χ3n) is 6.00. The van der Waals surface area contributed by atoms with Crippen molar-refractivity contribution in [2.75, 3.05) is 7.11 Å². The van der Waals surface area contributed by atoms with Crippen LogP contribution in [0.4, 0.5) is 0 Å². The average molecular weight is 448 g/mol. The number of carbonyl (C=O) groups is 2. The van der Waals surface area contributed by atoms with E-state index >= 15 is 0 Å². The first-order valence-electron chi connectivity index (χ1n) is 10.3. The minimum absolute atomic E-state index is 0.00208. The van der Waals surface area contributed by atoms with Crippen LogP contribution in [0.2, 0.25) is 0 Å². The molecular weight excluding hydrogens is 428 g/mol. The van der Waals surface area contributed by atoms with E-state index in [2.05, 4.69) is 0 Å². The summed E-state index contributed by atoms with van der Waals surface area (Å²) in [6, 6.07) is 12.5. The monoisotopic (exact) mass is 448 g/mol. The number of benzene rings is 3. The van der Waals surface area contributed by atoms with Gasteiger partial charge in [0.2, 0.25) is 0 Å². The predicted octanol–water partition coefficient (Wildman–Crippen LogP) is 3.96. The zero-order valence-electron chi connectivity index (χ0n) is 17.6. The van der Waals surface area contributed by atoms with Gasteiger partial charge in [0.25, 0.3) is 0 Å². The molecule has 168 valence electrons. The van der Waals surface area contributed by atoms with E-state index in [1.165, 1.54) is 31.4 Å². The lowest BCUT2D eigenvalue weighted by molar-refractivity contribution is -0.135. The normalized spacial score (nSPS) is 19.2. The lowest BCUT2D eigenvalue weighted by Gasteiger charge is -2.31. The van der Waals surface area contributed by atoms with E-state index in [9.17, 15) is 24.9 Å². The molecule has 2 heterocycles. The quantitative estimate of drug-likeness (QED) is 0.407. The minimum Gasteiger partial charge on any atom is -0.508 e. The standard InChI is InChI=1S/C25H20O8/c1-31-18-7-4-13(8-16(18)27)15-9-22(29)33-20-11-21-24(25(30)23(15)20)17(28)10-19(32-21)12-2-5-14(26)6-3-12/h2-8,11,15,19,26-27,30H,9-10H2,1H3. The van der Waals surface area contributed by atoms with Gasteiger partial charge in [0, 0.05) is 17.5 Å². The molecule has 0 radical (unpaired) electrons. The molecule has 0 spiro atoms. The van der Waals surface area contributed by atoms with Crippen LogP contribution in [0, 0.1) is 0 Å². The molecule has 3 aromatic rings. The number of methoxy groups -OCH3 is 1. The second-order valence-electron chi connectivity index (χ2n) is 8.00. The summed E-state index contributed by atoms with van der Waals surface area (Å²) >= 11 is 0. The first-order valence-corrected chi connectivity index (χ1v) is 10.3. The molecule has 0 saturated carbocycles. The topological polar surface area (TPSA) is 123 Å². The number of aromatic hydroxyl groups is 3. The lowest BCUT2D eigenvalue weighted by Crippen LogP contribution is -2.25. The van der Waals surface area contributed by atoms with E-state index < -0.39 is 18.0 Å². The van der Waals surface area contributed by atoms with Crippen LogP contribution in [0.5, 0.6) is 34.5 Å². The number of rotatable bonds is 3. The fourth-order valence-corrected chi connectivity index (χ4v) is 4.40. The Kier molecular flexibility index (Phi) is 4.85. The van der Waals surface area contributed by atoms with Crippen molar-refractivity contribution in [3.63, 3.8) is 0 Å². The Hall–Kier alpha value is -4.20. The van der Waals surface area contributed by atoms with Crippen LogP contribution in [-0.4, -0.2) is 34.2 Å². The summed E-state index contributed by atoms with van der Waals surface area (Å²) in [6.45, 7) is 0. The number of ether oxygens (including phenoxy) is 3. The summed E-state index contributed by atoms with van der Waals surface area (Å²) in [5.74, 6) is -1.29. The summed E-state index contributed by atoms with van der Waals surface area (Å²) in [5, 5.41) is 30.8. The molecular formula is C25H20O8. The van der Waals surface area contributed by atoms with Crippen LogP contribution in [0.3, 0.4) is 0 Å². The third kappa shape index (κ3) is 3.49. The van der Waals surface area contributed by atoms with Crippen LogP contribution >= 0.6 is 0 Å². The van der Waals surface area contributed by atoms with Gasteiger partial charge in [-0.25, -0.2) is 0 Å². The highest BCUT2D eigenvalue weighted by atomic mass is 16.5. The smallest absolute Gasteiger partial charge is 0.312 e. The number of phenolic OH excluding ortho intramolecular Hbond substituents is 3. The molecule has 0 bridgehead atoms. The maximum atomic E-state index is 13.0. The number of Topliss-reactive ketones (excluding diaryl/α,β-unsaturated/α-hetero) is 1. The van der Waals surface area contributed by atoms with Gasteiger partial charge in [-0.15, -0.1) is 0 Å². The van der Waals surface area contributed by atoms with Crippen molar-refractivity contribution < 1.29 is 39.1 Å². The fraction of sp³-hybridized carbons (Fsp3) is 0.200. The van der Waals surface area contributed by atoms with E-state index in [4.69, 9.17) is 14.2 Å². The molecule has 5 rings (SSSR count). The number of hydrogen-bond acceptors (Lipinski definition) is 8. The van der Waals surface area contributed by atoms with Gasteiger partial charge in [0.1, 0.15) is 34.7 Å². The van der Waals surface area contributed by atoms with Gasteiger partial charge in [-0.1, -0.05) is 18.2 Å². The van der Waals surface area contributed by atoms with Gasteiger partial charge in [0.05, 0.1) is 20.0 Å². The molecule has 0 fully saturated rings. The van der Waals surface area contributed by atoms with E-state index in [1.807, 2.05) is 0 Å². The number of esters is 1. The Balaban J connectivity index is 1.59. The Bertz CT molecular complexity index is 1280. The maximum absolute atomic E-state index is 13.0. The van der Waals surface area contributed by atoms with Gasteiger partial charge in [-0.05, 0) is 35.4 Å². The molecule has 2 unspecified atom stereocenters. The molecule has 8 nitrogen and oxygen atoms in total. The minimum atomic E-state index is -0.633. The van der Waals surface area contributed by atoms with Crippen molar-refractivity contribution in [1.82, 2.24) is 0 Å². The third-order valence-corrected chi connectivity index (χ3v) is 6.00. The molecule has 0 amide bonds. The van der Waals surface area contributed by atoms with Gasteiger partial charge in [-0.3, -0.25) is 9.59 Å². The lowest BCUT2D eigenvalue weighted by atomic mass is 9.83. The Labute approximate surface area is 188 Å². The highest BCUT2D eigenvalue weighted by Crippen LogP contribution is 2.51. The fourth-order valence-electron chi connectivity index (χ4n) is 4.40. The predicted molar refractivity (Wildman–Crippen MR) is 115 cm³/mol. The van der Waals surface area contributed by atoms with E-state index in [1.54, 1.807) is 24.3 Å². The summed E-state index contributed by atoms with van der Waals surface area (Å²) in [4.78, 5) is 25.4. The highest BCUT2D eigenvalue weighted by molar-refractivity contribution is 6.03. The molecule has 2 aliphatic rings. The van der Waals surface area contributed by atoms with Crippen LogP contribution in [0.25, 0.3) is 0 Å². The first-order chi connectivity index (χ1) is 15.9. The van der Waals surface area contributed by atoms with Crippen LogP contribution in [-0.2, 0) is 4.79 Å². The molecule has 3 N–H and O–H groups in total. The molecule has 2 atom stereocenters. The van der Waals surface area contributed by atoms with Crippen molar-refractivity contribution in [2.45, 2.75) is 24.9 Å². The van der Waals surface area contributed by atoms with Gasteiger partial charge in [0.15, 0.2) is 17.3 Å². The average Bonchev–Trinajstić information content (AvgIpc) is 2.78. The summed E-state index contributed by atoms with van der Waals surface area (Å²) in [5.41, 5.74) is 1.57. The number of carbonyl (C=O) groups excluding carboxylic acids is 2. The zero-order chi connectivity index (χ0) is 23.3. The van der Waals surface area contributed by atoms with Crippen molar-refractivity contribution >= 4 is 11.8 Å². The van der Waals surface area contributed by atoms with Crippen LogP contribution in [0.1, 0.15) is 51.9 Å². The number of phenols is 3. The van der Waals surface area contributed by atoms with Gasteiger partial charge >= 0.3 is 5.97 Å². The molecule has 0 aromatic heterocycles. The number of fused-ring (bicyclic) bond motifs is 2. The Morgan fingerprint density at radius 3 is 2.33 bits per heavy atom. The molecule has 33 heavy (non-hydrogen) atoms. The van der Waals surface area contributed by atoms with Crippen LogP contribution < -0.4 is 14.2 Å². The molecule has 0 saturated heterocycles. The van der Waals surface area contributed by atoms with Gasteiger partial charge < -0.3 is 29.5 Å². The number of hydrogen-bond donors (Lipinski definition) is 3. The molecule has 2 aliphatic heterocycles. The second kappa shape index (κ2) is 7.74. The van der Waals surface area contributed by atoms with Crippen molar-refractivity contribution in [2.24, 2.45) is 0 Å². The Morgan fingerprint density at radius 1 is 0.909 bits per heavy atom. The molecule has 3 aromatic carbocycles. The van der Waals surface area contributed by atoms with E-state index in [0.717, 1.165) is 0 Å². The largest absolute Gasteiger partial charge is 0.508 e. The second-order valence-corrected chi connectivity index (χ2v) is 8.00. The van der Waals surface area contributed by atoms with E-state index in [0.29, 0.717) is 11.1 Å². The molecule has 8 heteroatoms. The van der Waals surface area contributed by atoms with Crippen LogP contribution in [0.15, 0.2) is 48.5 Å². The van der Waals surface area contributed by atoms with Gasteiger partial charge in [-0.2, -0.15) is 0 Å². The summed E-state index contributed by atoms with van der Waals surface area (Å²) < 4.78 is 16.5. The van der Waals surface area contributed by atoms with Crippen molar-refractivity contribution in [3.05, 3.63) is 70.8 Å². The van der Waals surface area contributed by atoms with Crippen molar-refractivity contribution in [1.29, 1.82) is 0 Å². The first kappa shape index (κ1) is 20.7. The van der Waals surface area contributed by atoms with Crippen molar-refractivity contribution in [3.8, 4) is 34.5 Å². The Morgan fingerprint density at radius 2 is 1.64 bits per heavy atom. The molecule has 0 aliphatic carbocycles. The van der Waals surface area contributed by atoms with E-state index in [-0.39, 0.29) is 64.2 Å². The highest BCUT2D eigenvalue weighted by Gasteiger charge is 2.38. The summed E-state index contributed by atoms with van der Waals surface area (Å²) in [6.07, 6.45) is -0.689. The summed E-state index contributed by atoms with van der Waals surface area (Å²) in [7, 11) is 1.43. The number of ketones is 1. The SMILES string of the molecule is COc1ccc(C2CC(=O)Oc3cc4c(c(O)c32)C(=O)CC(c2ccc(O)cc2)O4)cc1O. The zero-order valence-corrected chi connectivity index (χ0v) is 17.6.